The van der Waals surface area contributed by atoms with Gasteiger partial charge in [0.15, 0.2) is 0 Å². The number of nitrogens with one attached hydrogen (secondary N) is 1. The zero-order valence-corrected chi connectivity index (χ0v) is 12.6. The fraction of sp³-hybridized carbons (Fsp3) is 0.0714. The van der Waals surface area contributed by atoms with Gasteiger partial charge in [0.2, 0.25) is 0 Å². The van der Waals surface area contributed by atoms with Crippen molar-refractivity contribution in [1.29, 1.82) is 0 Å². The molecule has 1 heterocycles. The number of urea groups is 1. The summed E-state index contributed by atoms with van der Waals surface area (Å²) in [7, 11) is 1.41. The Bertz CT molecular complexity index is 688. The molecule has 0 aliphatic carbocycles. The van der Waals surface area contributed by atoms with Crippen LogP contribution in [-0.2, 0) is 0 Å². The minimum atomic E-state index is -0.779. The van der Waals surface area contributed by atoms with Gasteiger partial charge in [-0.3, -0.25) is 5.43 Å². The normalized spacial score (nSPS) is 10.7. The van der Waals surface area contributed by atoms with E-state index in [4.69, 9.17) is 16.4 Å². The zero-order chi connectivity index (χ0) is 16.1. The first-order valence-electron chi connectivity index (χ1n) is 6.21. The number of carbonyl (C=O) groups excluding carboxylic acids is 1. The highest BCUT2D eigenvalue weighted by Gasteiger charge is 2.18. The van der Waals surface area contributed by atoms with E-state index in [0.717, 1.165) is 16.0 Å². The number of amides is 2. The summed E-state index contributed by atoms with van der Waals surface area (Å²) in [6.45, 7) is 0. The van der Waals surface area contributed by atoms with Crippen LogP contribution in [0, 0.1) is 5.82 Å². The van der Waals surface area contributed by atoms with Crippen molar-refractivity contribution >= 4 is 35.2 Å². The first-order valence-corrected chi connectivity index (χ1v) is 7.09. The van der Waals surface area contributed by atoms with Gasteiger partial charge in [-0.1, -0.05) is 6.07 Å². The number of thiophene rings is 1. The van der Waals surface area contributed by atoms with Crippen molar-refractivity contribution in [2.45, 2.75) is 0 Å². The number of rotatable bonds is 4. The summed E-state index contributed by atoms with van der Waals surface area (Å²) >= 11 is 1.54. The Balaban J connectivity index is 2.51. The van der Waals surface area contributed by atoms with Gasteiger partial charge in [0.1, 0.15) is 11.6 Å². The highest BCUT2D eigenvalue weighted by Crippen LogP contribution is 2.32. The summed E-state index contributed by atoms with van der Waals surface area (Å²) in [5, 5.41) is 2.65. The predicted molar refractivity (Wildman–Crippen MR) is 85.6 cm³/mol. The molecular formula is C14H15FN4O2S. The molecule has 1 aromatic carbocycles. The quantitative estimate of drug-likeness (QED) is 0.457. The first kappa shape index (κ1) is 16.0. The number of ether oxygens (including phenoxy) is 1. The Hall–Kier alpha value is -2.42. The van der Waals surface area contributed by atoms with E-state index < -0.39 is 11.8 Å². The smallest absolute Gasteiger partial charge is 0.350 e. The van der Waals surface area contributed by atoms with E-state index in [1.54, 1.807) is 6.08 Å². The number of halogens is 1. The van der Waals surface area contributed by atoms with Crippen LogP contribution in [0.3, 0.4) is 0 Å². The van der Waals surface area contributed by atoms with Crippen LogP contribution in [0.25, 0.3) is 12.2 Å². The molecule has 0 spiro atoms. The molecule has 22 heavy (non-hydrogen) atoms. The molecular weight excluding hydrogens is 307 g/mol. The maximum absolute atomic E-state index is 13.7. The van der Waals surface area contributed by atoms with Crippen molar-refractivity contribution in [1.82, 2.24) is 5.43 Å². The highest BCUT2D eigenvalue weighted by molar-refractivity contribution is 7.10. The third-order valence-corrected chi connectivity index (χ3v) is 3.70. The van der Waals surface area contributed by atoms with Gasteiger partial charge in [0.05, 0.1) is 12.8 Å². The molecule has 0 atom stereocenters. The average Bonchev–Trinajstić information content (AvgIpc) is 3.04. The van der Waals surface area contributed by atoms with Crippen LogP contribution in [0.4, 0.5) is 14.9 Å². The molecule has 0 bridgehead atoms. The molecule has 0 aliphatic rings. The lowest BCUT2D eigenvalue weighted by atomic mass is 10.1. The van der Waals surface area contributed by atoms with Gasteiger partial charge >= 0.3 is 6.03 Å². The summed E-state index contributed by atoms with van der Waals surface area (Å²) < 4.78 is 18.9. The van der Waals surface area contributed by atoms with Gasteiger partial charge < -0.3 is 4.74 Å². The van der Waals surface area contributed by atoms with E-state index in [-0.39, 0.29) is 11.4 Å². The molecule has 0 saturated carbocycles. The van der Waals surface area contributed by atoms with Gasteiger partial charge in [-0.05, 0) is 23.6 Å². The van der Waals surface area contributed by atoms with E-state index in [9.17, 15) is 9.18 Å². The van der Waals surface area contributed by atoms with Crippen molar-refractivity contribution in [3.05, 3.63) is 45.9 Å². The van der Waals surface area contributed by atoms with Gasteiger partial charge in [0, 0.05) is 22.6 Å². The fourth-order valence-corrected chi connectivity index (χ4v) is 2.46. The standard InChI is InChI=1S/C14H15FN4O2S/c1-21-13-8-9(15)7-12(19(17)14(20)18-16)11(13)5-4-10-3-2-6-22-10/h2-8H,16-17H2,1H3,(H,18,20)/b5-4+. The first-order chi connectivity index (χ1) is 10.6. The third-order valence-electron chi connectivity index (χ3n) is 2.86. The van der Waals surface area contributed by atoms with Gasteiger partial charge in [-0.25, -0.2) is 25.9 Å². The molecule has 116 valence electrons. The third kappa shape index (κ3) is 3.42. The van der Waals surface area contributed by atoms with Crippen LogP contribution < -0.4 is 26.9 Å². The Morgan fingerprint density at radius 3 is 2.82 bits per heavy atom. The topological polar surface area (TPSA) is 93.6 Å². The van der Waals surface area contributed by atoms with E-state index in [1.165, 1.54) is 24.5 Å². The van der Waals surface area contributed by atoms with Crippen molar-refractivity contribution in [2.75, 3.05) is 12.1 Å². The lowest BCUT2D eigenvalue weighted by molar-refractivity contribution is 0.246. The Morgan fingerprint density at radius 1 is 1.45 bits per heavy atom. The number of anilines is 1. The van der Waals surface area contributed by atoms with Crippen LogP contribution in [0.2, 0.25) is 0 Å². The molecule has 6 nitrogen and oxygen atoms in total. The molecule has 0 aliphatic heterocycles. The van der Waals surface area contributed by atoms with E-state index >= 15 is 0 Å². The second-order valence-electron chi connectivity index (χ2n) is 4.21. The van der Waals surface area contributed by atoms with E-state index in [2.05, 4.69) is 0 Å². The SMILES string of the molecule is COc1cc(F)cc(N(N)C(=O)NN)c1/C=C/c1cccs1. The van der Waals surface area contributed by atoms with Crippen molar-refractivity contribution in [2.24, 2.45) is 11.7 Å². The highest BCUT2D eigenvalue weighted by atomic mass is 32.1. The average molecular weight is 322 g/mol. The Labute approximate surface area is 130 Å². The summed E-state index contributed by atoms with van der Waals surface area (Å²) in [4.78, 5) is 12.6. The van der Waals surface area contributed by atoms with Gasteiger partial charge in [-0.2, -0.15) is 0 Å². The minimum Gasteiger partial charge on any atom is -0.496 e. The summed E-state index contributed by atoms with van der Waals surface area (Å²) in [5.41, 5.74) is 2.49. The number of benzene rings is 1. The Kier molecular flexibility index (Phi) is 5.10. The molecule has 1 aromatic heterocycles. The van der Waals surface area contributed by atoms with Crippen LogP contribution in [-0.4, -0.2) is 13.1 Å². The molecule has 8 heteroatoms. The van der Waals surface area contributed by atoms with Crippen molar-refractivity contribution in [3.8, 4) is 5.75 Å². The van der Waals surface area contributed by atoms with Gasteiger partial charge in [0.25, 0.3) is 0 Å². The summed E-state index contributed by atoms with van der Waals surface area (Å²) in [5.74, 6) is 10.4. The number of nitrogens with two attached hydrogens (primary N) is 2. The lowest BCUT2D eigenvalue weighted by Gasteiger charge is -2.20. The second-order valence-corrected chi connectivity index (χ2v) is 5.19. The summed E-state index contributed by atoms with van der Waals surface area (Å²) in [6.07, 6.45) is 3.52. The van der Waals surface area contributed by atoms with E-state index in [0.29, 0.717) is 5.56 Å². The number of hydrogen-bond acceptors (Lipinski definition) is 5. The second kappa shape index (κ2) is 7.03. The van der Waals surface area contributed by atoms with Crippen LogP contribution in [0.5, 0.6) is 5.75 Å². The molecule has 0 unspecified atom stereocenters. The number of hydrogen-bond donors (Lipinski definition) is 3. The monoisotopic (exact) mass is 322 g/mol. The van der Waals surface area contributed by atoms with Crippen LogP contribution in [0.1, 0.15) is 10.4 Å². The van der Waals surface area contributed by atoms with Crippen LogP contribution >= 0.6 is 11.3 Å². The number of hydrazine groups is 2. The van der Waals surface area contributed by atoms with Gasteiger partial charge in [-0.15, -0.1) is 11.3 Å². The Morgan fingerprint density at radius 2 is 2.23 bits per heavy atom. The molecule has 2 amide bonds. The summed E-state index contributed by atoms with van der Waals surface area (Å²) in [6, 6.07) is 5.39. The van der Waals surface area contributed by atoms with E-state index in [1.807, 2.05) is 29.0 Å². The van der Waals surface area contributed by atoms with Crippen LogP contribution in [0.15, 0.2) is 29.6 Å². The predicted octanol–water partition coefficient (Wildman–Crippen LogP) is 2.33. The molecule has 0 radical (unpaired) electrons. The molecule has 0 saturated heterocycles. The largest absolute Gasteiger partial charge is 0.496 e. The molecule has 5 N–H and O–H groups in total. The fourth-order valence-electron chi connectivity index (χ4n) is 1.85. The number of carbonyl (C=O) groups is 1. The maximum atomic E-state index is 13.7. The molecule has 2 aromatic rings. The minimum absolute atomic E-state index is 0.132. The lowest BCUT2D eigenvalue weighted by Crippen LogP contribution is -2.48. The number of nitrogens with zero attached hydrogens (tertiary/aromatic N) is 1. The van der Waals surface area contributed by atoms with Crippen molar-refractivity contribution < 1.29 is 13.9 Å². The molecule has 0 fully saturated rings. The maximum Gasteiger partial charge on any atom is 0.350 e. The number of methoxy groups -OCH3 is 1. The van der Waals surface area contributed by atoms with Crippen molar-refractivity contribution in [3.63, 3.8) is 0 Å². The zero-order valence-electron chi connectivity index (χ0n) is 11.7. The molecule has 2 rings (SSSR count).